The van der Waals surface area contributed by atoms with E-state index in [9.17, 15) is 4.79 Å². The summed E-state index contributed by atoms with van der Waals surface area (Å²) in [6.45, 7) is 11.0. The van der Waals surface area contributed by atoms with Gasteiger partial charge in [0, 0.05) is 11.1 Å². The lowest BCUT2D eigenvalue weighted by molar-refractivity contribution is 0.104. The van der Waals surface area contributed by atoms with Gasteiger partial charge in [-0.15, -0.1) is 0 Å². The van der Waals surface area contributed by atoms with Gasteiger partial charge in [-0.05, 0) is 80.1 Å². The number of hydrogen-bond donors (Lipinski definition) is 1. The van der Waals surface area contributed by atoms with Crippen LogP contribution in [0.4, 0.5) is 4.79 Å². The molecular formula is C25H36ClNO3. The minimum absolute atomic E-state index is 0.308. The van der Waals surface area contributed by atoms with Crippen LogP contribution in [0.25, 0.3) is 0 Å². The van der Waals surface area contributed by atoms with Crippen LogP contribution < -0.4 is 10.1 Å². The van der Waals surface area contributed by atoms with Crippen LogP contribution in [0, 0.1) is 0 Å². The maximum Gasteiger partial charge on any atom is 0.513 e. The highest BCUT2D eigenvalue weighted by molar-refractivity contribution is 6.30. The molecule has 0 aromatic heterocycles. The van der Waals surface area contributed by atoms with E-state index in [0.717, 1.165) is 37.3 Å². The number of ether oxygens (including phenoxy) is 2. The number of rotatable bonds is 6. The predicted octanol–water partition coefficient (Wildman–Crippen LogP) is 6.62. The fourth-order valence-corrected chi connectivity index (χ4v) is 3.54. The molecule has 1 unspecified atom stereocenters. The Labute approximate surface area is 186 Å². The van der Waals surface area contributed by atoms with Gasteiger partial charge in [0.2, 0.25) is 0 Å². The summed E-state index contributed by atoms with van der Waals surface area (Å²) in [4.78, 5) is 11.5. The maximum absolute atomic E-state index is 11.5. The molecule has 4 nitrogen and oxygen atoms in total. The lowest BCUT2D eigenvalue weighted by Crippen LogP contribution is -2.35. The van der Waals surface area contributed by atoms with E-state index in [1.807, 2.05) is 64.1 Å². The first-order chi connectivity index (χ1) is 14.6. The molecule has 0 saturated carbocycles. The third-order valence-electron chi connectivity index (χ3n) is 4.61. The Hall–Kier alpha value is -2.04. The lowest BCUT2D eigenvalue weighted by atomic mass is 9.88. The Kier molecular flexibility index (Phi) is 12.9. The molecule has 1 aliphatic carbocycles. The SMILES string of the molecule is CC.CC.CCOC(=O)Oc1ccc2c(c1)CC(NCCc1cccc(Cl)c1)CC2. The van der Waals surface area contributed by atoms with Crippen LogP contribution in [0.1, 0.15) is 57.7 Å². The summed E-state index contributed by atoms with van der Waals surface area (Å²) in [6, 6.07) is 14.3. The van der Waals surface area contributed by atoms with Gasteiger partial charge in [0.05, 0.1) is 6.61 Å². The quantitative estimate of drug-likeness (QED) is 0.411. The zero-order chi connectivity index (χ0) is 22.4. The number of fused-ring (bicyclic) bond motifs is 1. The number of nitrogens with one attached hydrogen (secondary N) is 1. The van der Waals surface area contributed by atoms with Crippen molar-refractivity contribution in [3.8, 4) is 5.75 Å². The van der Waals surface area contributed by atoms with E-state index in [-0.39, 0.29) is 0 Å². The van der Waals surface area contributed by atoms with Crippen molar-refractivity contribution >= 4 is 17.8 Å². The summed E-state index contributed by atoms with van der Waals surface area (Å²) in [7, 11) is 0. The fourth-order valence-electron chi connectivity index (χ4n) is 3.33. The highest BCUT2D eigenvalue weighted by Gasteiger charge is 2.19. The highest BCUT2D eigenvalue weighted by atomic mass is 35.5. The molecule has 0 spiro atoms. The zero-order valence-electron chi connectivity index (χ0n) is 19.0. The summed E-state index contributed by atoms with van der Waals surface area (Å²) >= 11 is 6.03. The molecule has 0 radical (unpaired) electrons. The number of carbonyl (C=O) groups is 1. The first-order valence-corrected chi connectivity index (χ1v) is 11.5. The first-order valence-electron chi connectivity index (χ1n) is 11.1. The van der Waals surface area contributed by atoms with E-state index < -0.39 is 6.16 Å². The molecule has 0 heterocycles. The Morgan fingerprint density at radius 3 is 2.57 bits per heavy atom. The Morgan fingerprint density at radius 1 is 1.10 bits per heavy atom. The van der Waals surface area contributed by atoms with Crippen molar-refractivity contribution in [2.24, 2.45) is 0 Å². The highest BCUT2D eigenvalue weighted by Crippen LogP contribution is 2.26. The summed E-state index contributed by atoms with van der Waals surface area (Å²) in [5, 5.41) is 4.42. The maximum atomic E-state index is 11.5. The Balaban J connectivity index is 0.00000106. The molecule has 2 aromatic carbocycles. The molecule has 5 heteroatoms. The van der Waals surface area contributed by atoms with Crippen LogP contribution in [0.3, 0.4) is 0 Å². The number of hydrogen-bond acceptors (Lipinski definition) is 4. The molecule has 0 bridgehead atoms. The number of benzene rings is 2. The van der Waals surface area contributed by atoms with Gasteiger partial charge in [0.15, 0.2) is 0 Å². The summed E-state index contributed by atoms with van der Waals surface area (Å²) < 4.78 is 10.0. The minimum atomic E-state index is -0.653. The van der Waals surface area contributed by atoms with E-state index in [4.69, 9.17) is 21.1 Å². The molecule has 30 heavy (non-hydrogen) atoms. The largest absolute Gasteiger partial charge is 0.513 e. The van der Waals surface area contributed by atoms with Gasteiger partial charge >= 0.3 is 6.16 Å². The molecular weight excluding hydrogens is 398 g/mol. The molecule has 1 N–H and O–H groups in total. The van der Waals surface area contributed by atoms with Gasteiger partial charge in [0.1, 0.15) is 5.75 Å². The van der Waals surface area contributed by atoms with Crippen molar-refractivity contribution in [3.05, 3.63) is 64.2 Å². The third kappa shape index (κ3) is 8.76. The van der Waals surface area contributed by atoms with Gasteiger partial charge in [-0.1, -0.05) is 57.5 Å². The molecule has 0 fully saturated rings. The molecule has 0 amide bonds. The van der Waals surface area contributed by atoms with Crippen molar-refractivity contribution in [1.82, 2.24) is 5.32 Å². The normalized spacial score (nSPS) is 14.3. The van der Waals surface area contributed by atoms with Gasteiger partial charge < -0.3 is 14.8 Å². The van der Waals surface area contributed by atoms with Gasteiger partial charge in [-0.25, -0.2) is 4.79 Å². The second-order valence-electron chi connectivity index (χ2n) is 6.49. The van der Waals surface area contributed by atoms with Crippen LogP contribution in [0.5, 0.6) is 5.75 Å². The van der Waals surface area contributed by atoms with Crippen molar-refractivity contribution in [2.75, 3.05) is 13.2 Å². The standard InChI is InChI=1S/C21H24ClNO3.2C2H6/c1-2-25-21(24)26-20-9-7-16-6-8-19(13-17(16)14-20)23-11-10-15-4-3-5-18(22)12-15;2*1-2/h3-5,7,9,12,14,19,23H,2,6,8,10-11,13H2,1H3;2*1-2H3. The average molecular weight is 434 g/mol. The van der Waals surface area contributed by atoms with E-state index in [1.54, 1.807) is 6.92 Å². The van der Waals surface area contributed by atoms with Crippen molar-refractivity contribution < 1.29 is 14.3 Å². The van der Waals surface area contributed by atoms with Crippen molar-refractivity contribution in [3.63, 3.8) is 0 Å². The summed E-state index contributed by atoms with van der Waals surface area (Å²) in [6.07, 6.45) is 3.38. The molecule has 2 aromatic rings. The van der Waals surface area contributed by atoms with E-state index in [2.05, 4.69) is 11.4 Å². The Bertz CT molecular complexity index is 764. The molecule has 166 valence electrons. The second kappa shape index (κ2) is 14.9. The van der Waals surface area contributed by atoms with E-state index >= 15 is 0 Å². The van der Waals surface area contributed by atoms with Crippen LogP contribution in [0.2, 0.25) is 5.02 Å². The van der Waals surface area contributed by atoms with Crippen LogP contribution in [0.15, 0.2) is 42.5 Å². The van der Waals surface area contributed by atoms with Crippen LogP contribution in [-0.2, 0) is 24.0 Å². The second-order valence-corrected chi connectivity index (χ2v) is 6.93. The fraction of sp³-hybridized carbons (Fsp3) is 0.480. The van der Waals surface area contributed by atoms with Crippen LogP contribution in [-0.4, -0.2) is 25.3 Å². The van der Waals surface area contributed by atoms with E-state index in [1.165, 1.54) is 16.7 Å². The zero-order valence-corrected chi connectivity index (χ0v) is 19.7. The van der Waals surface area contributed by atoms with Gasteiger partial charge in [-0.2, -0.15) is 0 Å². The molecule has 3 rings (SSSR count). The Morgan fingerprint density at radius 2 is 1.87 bits per heavy atom. The van der Waals surface area contributed by atoms with Gasteiger partial charge in [0.25, 0.3) is 0 Å². The lowest BCUT2D eigenvalue weighted by Gasteiger charge is -2.26. The summed E-state index contributed by atoms with van der Waals surface area (Å²) in [5.74, 6) is 0.543. The summed E-state index contributed by atoms with van der Waals surface area (Å²) in [5.41, 5.74) is 3.80. The molecule has 1 atom stereocenters. The number of halogens is 1. The molecule has 0 aliphatic heterocycles. The van der Waals surface area contributed by atoms with Gasteiger partial charge in [-0.3, -0.25) is 0 Å². The van der Waals surface area contributed by atoms with E-state index in [0.29, 0.717) is 18.4 Å². The first kappa shape index (κ1) is 26.0. The minimum Gasteiger partial charge on any atom is -0.434 e. The monoisotopic (exact) mass is 433 g/mol. The van der Waals surface area contributed by atoms with Crippen LogP contribution >= 0.6 is 11.6 Å². The number of carbonyl (C=O) groups excluding carboxylic acids is 1. The molecule has 0 saturated heterocycles. The average Bonchev–Trinajstić information content (AvgIpc) is 2.76. The number of aryl methyl sites for hydroxylation is 1. The predicted molar refractivity (Wildman–Crippen MR) is 126 cm³/mol. The molecule has 1 aliphatic rings. The third-order valence-corrected chi connectivity index (χ3v) is 4.84. The van der Waals surface area contributed by atoms with Crippen molar-refractivity contribution in [1.29, 1.82) is 0 Å². The smallest absolute Gasteiger partial charge is 0.434 e. The van der Waals surface area contributed by atoms with Crippen molar-refractivity contribution in [2.45, 2.75) is 66.3 Å². The topological polar surface area (TPSA) is 47.6 Å².